The van der Waals surface area contributed by atoms with Crippen LogP contribution in [-0.2, 0) is 11.1 Å². The van der Waals surface area contributed by atoms with E-state index in [0.717, 1.165) is 0 Å². The average Bonchev–Trinajstić information content (AvgIpc) is 1.63. The molecule has 0 amide bonds. The summed E-state index contributed by atoms with van der Waals surface area (Å²) in [5.74, 6) is 5.49. The van der Waals surface area contributed by atoms with Crippen LogP contribution in [0.15, 0.2) is 0 Å². The summed E-state index contributed by atoms with van der Waals surface area (Å²) in [6, 6.07) is 0. The predicted octanol–water partition coefficient (Wildman–Crippen LogP) is 0.525. The van der Waals surface area contributed by atoms with Gasteiger partial charge in [0, 0.05) is 11.7 Å². The second-order valence-electron chi connectivity index (χ2n) is 1.77. The third kappa shape index (κ3) is 5.54. The fourth-order valence-electron chi connectivity index (χ4n) is 0.492. The molecule has 0 saturated carbocycles. The van der Waals surface area contributed by atoms with Crippen LogP contribution >= 0.6 is 0 Å². The Morgan fingerprint density at radius 3 is 2.67 bits per heavy atom. The molecule has 3 heteroatoms. The lowest BCUT2D eigenvalue weighted by Gasteiger charge is -2.05. The van der Waals surface area contributed by atoms with Gasteiger partial charge in [0.05, 0.1) is 0 Å². The van der Waals surface area contributed by atoms with Crippen molar-refractivity contribution in [2.45, 2.75) is 13.8 Å². The van der Waals surface area contributed by atoms with E-state index >= 15 is 0 Å². The first kappa shape index (κ1) is 8.67. The van der Waals surface area contributed by atoms with Gasteiger partial charge >= 0.3 is 0 Å². The molecule has 0 rings (SSSR count). The molecule has 0 aromatic heterocycles. The highest BCUT2D eigenvalue weighted by Crippen LogP contribution is 1.92. The molecule has 2 atom stereocenters. The fourth-order valence-corrected chi connectivity index (χ4v) is 0.984. The van der Waals surface area contributed by atoms with Gasteiger partial charge in [0.1, 0.15) is 0 Å². The zero-order valence-electron chi connectivity index (χ0n) is 5.51. The van der Waals surface area contributed by atoms with Crippen LogP contribution in [0.4, 0.5) is 0 Å². The summed E-state index contributed by atoms with van der Waals surface area (Å²) in [6.45, 7) is 3.48. The smallest absolute Gasteiger partial charge is 0.0278 e. The van der Waals surface area contributed by atoms with Crippen LogP contribution in [0.25, 0.3) is 0 Å². The Labute approximate surface area is 57.9 Å². The zero-order chi connectivity index (χ0) is 7.28. The van der Waals surface area contributed by atoms with E-state index in [1.54, 1.807) is 13.8 Å². The molecule has 2 unspecified atom stereocenters. The van der Waals surface area contributed by atoms with E-state index in [2.05, 4.69) is 11.8 Å². The first-order valence-corrected chi connectivity index (χ1v) is 3.89. The summed E-state index contributed by atoms with van der Waals surface area (Å²) in [6.07, 6.45) is 0. The first-order chi connectivity index (χ1) is 4.16. The van der Waals surface area contributed by atoms with Gasteiger partial charge in [-0.2, -0.15) is 0 Å². The van der Waals surface area contributed by atoms with Crippen molar-refractivity contribution in [2.24, 2.45) is 5.92 Å². The molecule has 0 radical (unpaired) electrons. The molecular formula is C6H9O2S-. The van der Waals surface area contributed by atoms with Crippen LogP contribution < -0.4 is 0 Å². The monoisotopic (exact) mass is 145 g/mol. The molecule has 0 aliphatic carbocycles. The van der Waals surface area contributed by atoms with Gasteiger partial charge in [0.15, 0.2) is 0 Å². The second kappa shape index (κ2) is 4.54. The fraction of sp³-hybridized carbons (Fsp3) is 0.667. The lowest BCUT2D eigenvalue weighted by molar-refractivity contribution is 0.531. The van der Waals surface area contributed by atoms with E-state index in [1.165, 1.54) is 0 Å². The molecule has 0 aromatic carbocycles. The summed E-state index contributed by atoms with van der Waals surface area (Å²) in [5, 5.41) is 0. The van der Waals surface area contributed by atoms with Crippen molar-refractivity contribution < 1.29 is 8.76 Å². The van der Waals surface area contributed by atoms with Gasteiger partial charge < -0.3 is 4.55 Å². The van der Waals surface area contributed by atoms with Crippen LogP contribution in [0.3, 0.4) is 0 Å². The largest absolute Gasteiger partial charge is 0.772 e. The molecule has 52 valence electrons. The Kier molecular flexibility index (Phi) is 4.37. The van der Waals surface area contributed by atoms with Gasteiger partial charge in [-0.05, 0) is 6.92 Å². The van der Waals surface area contributed by atoms with Gasteiger partial charge in [0.2, 0.25) is 0 Å². The van der Waals surface area contributed by atoms with Crippen LogP contribution in [0.2, 0.25) is 0 Å². The van der Waals surface area contributed by atoms with Gasteiger partial charge in [-0.1, -0.05) is 23.9 Å². The summed E-state index contributed by atoms with van der Waals surface area (Å²) >= 11 is -1.95. The lowest BCUT2D eigenvalue weighted by atomic mass is 10.2. The number of hydrogen-bond acceptors (Lipinski definition) is 2. The molecule has 9 heavy (non-hydrogen) atoms. The molecular weight excluding hydrogens is 136 g/mol. The third-order valence-corrected chi connectivity index (χ3v) is 1.55. The van der Waals surface area contributed by atoms with E-state index < -0.39 is 11.1 Å². The van der Waals surface area contributed by atoms with Gasteiger partial charge in [-0.15, -0.1) is 5.92 Å². The SMILES string of the molecule is CC#CC(C)CS(=O)[O-]. The standard InChI is InChI=1S/C6H10O2S/c1-3-4-6(2)5-9(7)8/h6H,5H2,1-2H3,(H,7,8)/p-1. The molecule has 0 heterocycles. The van der Waals surface area contributed by atoms with Crippen LogP contribution in [0, 0.1) is 17.8 Å². The van der Waals surface area contributed by atoms with Crippen molar-refractivity contribution in [3.8, 4) is 11.8 Å². The topological polar surface area (TPSA) is 40.1 Å². The van der Waals surface area contributed by atoms with E-state index in [9.17, 15) is 8.76 Å². The van der Waals surface area contributed by atoms with Crippen molar-refractivity contribution >= 4 is 11.1 Å². The van der Waals surface area contributed by atoms with Gasteiger partial charge in [0.25, 0.3) is 0 Å². The molecule has 0 aliphatic heterocycles. The van der Waals surface area contributed by atoms with E-state index in [4.69, 9.17) is 0 Å². The Balaban J connectivity index is 3.59. The van der Waals surface area contributed by atoms with Crippen molar-refractivity contribution in [1.82, 2.24) is 0 Å². The molecule has 0 aliphatic rings. The van der Waals surface area contributed by atoms with E-state index in [0.29, 0.717) is 0 Å². The molecule has 2 nitrogen and oxygen atoms in total. The third-order valence-electron chi connectivity index (χ3n) is 0.777. The normalized spacial score (nSPS) is 15.4. The number of rotatable bonds is 2. The maximum absolute atomic E-state index is 10.0. The van der Waals surface area contributed by atoms with E-state index in [1.807, 2.05) is 0 Å². The molecule has 0 aromatic rings. The summed E-state index contributed by atoms with van der Waals surface area (Å²) in [4.78, 5) is 0. The second-order valence-corrected chi connectivity index (χ2v) is 2.71. The average molecular weight is 145 g/mol. The number of hydrogen-bond donors (Lipinski definition) is 0. The van der Waals surface area contributed by atoms with E-state index in [-0.39, 0.29) is 11.7 Å². The summed E-state index contributed by atoms with van der Waals surface area (Å²) in [5.41, 5.74) is 0. The van der Waals surface area contributed by atoms with Gasteiger partial charge in [-0.25, -0.2) is 0 Å². The summed E-state index contributed by atoms with van der Waals surface area (Å²) in [7, 11) is 0. The van der Waals surface area contributed by atoms with Crippen molar-refractivity contribution in [2.75, 3.05) is 5.75 Å². The highest BCUT2D eigenvalue weighted by Gasteiger charge is 1.93. The van der Waals surface area contributed by atoms with Crippen LogP contribution in [-0.4, -0.2) is 14.5 Å². The predicted molar refractivity (Wildman–Crippen MR) is 36.4 cm³/mol. The molecule has 0 fully saturated rings. The lowest BCUT2D eigenvalue weighted by Crippen LogP contribution is -2.04. The Hall–Kier alpha value is -0.330. The highest BCUT2D eigenvalue weighted by molar-refractivity contribution is 7.79. The Morgan fingerprint density at radius 2 is 2.33 bits per heavy atom. The Morgan fingerprint density at radius 1 is 1.78 bits per heavy atom. The van der Waals surface area contributed by atoms with Crippen molar-refractivity contribution in [3.05, 3.63) is 0 Å². The van der Waals surface area contributed by atoms with Gasteiger partial charge in [-0.3, -0.25) is 4.21 Å². The minimum Gasteiger partial charge on any atom is -0.772 e. The molecule has 0 spiro atoms. The summed E-state index contributed by atoms with van der Waals surface area (Å²) < 4.78 is 20.0. The van der Waals surface area contributed by atoms with Crippen molar-refractivity contribution in [3.63, 3.8) is 0 Å². The maximum Gasteiger partial charge on any atom is 0.0278 e. The van der Waals surface area contributed by atoms with Crippen LogP contribution in [0.1, 0.15) is 13.8 Å². The maximum atomic E-state index is 10.0. The molecule has 0 bridgehead atoms. The zero-order valence-corrected chi connectivity index (χ0v) is 6.33. The van der Waals surface area contributed by atoms with Crippen molar-refractivity contribution in [1.29, 1.82) is 0 Å². The minimum absolute atomic E-state index is 0.0340. The molecule has 0 saturated heterocycles. The first-order valence-electron chi connectivity index (χ1n) is 2.65. The quantitative estimate of drug-likeness (QED) is 0.420. The molecule has 0 N–H and O–H groups in total. The highest BCUT2D eigenvalue weighted by atomic mass is 32.2. The Bertz CT molecular complexity index is 154. The van der Waals surface area contributed by atoms with Crippen LogP contribution in [0.5, 0.6) is 0 Å². The minimum atomic E-state index is -1.95.